The molecule has 2 aromatic rings. The smallest absolute Gasteiger partial charge is 0.250 e. The summed E-state index contributed by atoms with van der Waals surface area (Å²) >= 11 is 0. The summed E-state index contributed by atoms with van der Waals surface area (Å²) in [5.41, 5.74) is 3.37. The van der Waals surface area contributed by atoms with E-state index in [1.807, 2.05) is 59.5 Å². The number of benzene rings is 2. The topological polar surface area (TPSA) is 20.3 Å². The minimum atomic E-state index is 0.0565. The van der Waals surface area contributed by atoms with Crippen LogP contribution >= 0.6 is 0 Å². The predicted molar refractivity (Wildman–Crippen MR) is 82.6 cm³/mol. The number of carbonyl (C=O) groups is 1. The van der Waals surface area contributed by atoms with Crippen LogP contribution in [-0.2, 0) is 11.2 Å². The van der Waals surface area contributed by atoms with Gasteiger partial charge in [0.1, 0.15) is 0 Å². The molecule has 1 amide bonds. The van der Waals surface area contributed by atoms with Gasteiger partial charge in [-0.25, -0.2) is 0 Å². The van der Waals surface area contributed by atoms with E-state index in [4.69, 9.17) is 0 Å². The van der Waals surface area contributed by atoms with Crippen molar-refractivity contribution in [3.63, 3.8) is 0 Å². The van der Waals surface area contributed by atoms with E-state index in [0.29, 0.717) is 0 Å². The summed E-state index contributed by atoms with van der Waals surface area (Å²) in [5.74, 6) is 0.0565. The zero-order valence-corrected chi connectivity index (χ0v) is 11.3. The third kappa shape index (κ3) is 2.64. The van der Waals surface area contributed by atoms with Crippen LogP contribution in [0.5, 0.6) is 0 Å². The molecule has 0 aliphatic carbocycles. The summed E-state index contributed by atoms with van der Waals surface area (Å²) < 4.78 is 0. The highest BCUT2D eigenvalue weighted by molar-refractivity contribution is 6.04. The molecule has 100 valence electrons. The molecular weight excluding hydrogens is 246 g/mol. The molecular formula is C18H17NO. The van der Waals surface area contributed by atoms with Gasteiger partial charge < -0.3 is 4.90 Å². The molecule has 0 radical (unpaired) electrons. The fraction of sp³-hybridized carbons (Fsp3) is 0.167. The molecule has 0 atom stereocenters. The van der Waals surface area contributed by atoms with Crippen molar-refractivity contribution in [1.29, 1.82) is 0 Å². The van der Waals surface area contributed by atoms with Gasteiger partial charge in [-0.05, 0) is 36.1 Å². The third-order valence-electron chi connectivity index (χ3n) is 3.59. The van der Waals surface area contributed by atoms with Crippen LogP contribution < -0.4 is 4.90 Å². The number of amides is 1. The van der Waals surface area contributed by atoms with Gasteiger partial charge in [0, 0.05) is 18.3 Å². The van der Waals surface area contributed by atoms with Crippen molar-refractivity contribution < 1.29 is 4.79 Å². The van der Waals surface area contributed by atoms with E-state index in [0.717, 1.165) is 30.6 Å². The molecule has 2 heteroatoms. The number of hydrogen-bond donors (Lipinski definition) is 0. The van der Waals surface area contributed by atoms with Gasteiger partial charge in [0.05, 0.1) is 0 Å². The van der Waals surface area contributed by atoms with Crippen molar-refractivity contribution in [3.05, 3.63) is 71.8 Å². The summed E-state index contributed by atoms with van der Waals surface area (Å²) in [6, 6.07) is 18.1. The second-order valence-electron chi connectivity index (χ2n) is 4.97. The van der Waals surface area contributed by atoms with Crippen LogP contribution in [0.25, 0.3) is 6.08 Å². The van der Waals surface area contributed by atoms with E-state index in [2.05, 4.69) is 6.07 Å². The van der Waals surface area contributed by atoms with Gasteiger partial charge in [-0.3, -0.25) is 4.79 Å². The lowest BCUT2D eigenvalue weighted by Crippen LogP contribution is -2.34. The Kier molecular flexibility index (Phi) is 3.64. The molecule has 0 spiro atoms. The maximum absolute atomic E-state index is 12.4. The molecule has 0 N–H and O–H groups in total. The summed E-state index contributed by atoms with van der Waals surface area (Å²) in [5, 5.41) is 0. The lowest BCUT2D eigenvalue weighted by Gasteiger charge is -2.28. The Bertz CT molecular complexity index is 631. The highest BCUT2D eigenvalue weighted by Gasteiger charge is 2.19. The zero-order valence-electron chi connectivity index (χ0n) is 11.3. The Labute approximate surface area is 119 Å². The number of anilines is 1. The Hall–Kier alpha value is -2.35. The molecule has 20 heavy (non-hydrogen) atoms. The summed E-state index contributed by atoms with van der Waals surface area (Å²) in [7, 11) is 0. The van der Waals surface area contributed by atoms with Crippen LogP contribution in [0.1, 0.15) is 17.5 Å². The Morgan fingerprint density at radius 3 is 2.60 bits per heavy atom. The maximum Gasteiger partial charge on any atom is 0.250 e. The fourth-order valence-electron chi connectivity index (χ4n) is 2.58. The van der Waals surface area contributed by atoms with Crippen molar-refractivity contribution in [2.24, 2.45) is 0 Å². The quantitative estimate of drug-likeness (QED) is 0.757. The van der Waals surface area contributed by atoms with Gasteiger partial charge in [-0.2, -0.15) is 0 Å². The first-order valence-corrected chi connectivity index (χ1v) is 6.97. The van der Waals surface area contributed by atoms with E-state index < -0.39 is 0 Å². The van der Waals surface area contributed by atoms with Gasteiger partial charge in [0.2, 0.25) is 0 Å². The van der Waals surface area contributed by atoms with Crippen LogP contribution in [0.3, 0.4) is 0 Å². The largest absolute Gasteiger partial charge is 0.309 e. The molecule has 3 rings (SSSR count). The number of para-hydroxylation sites is 1. The first-order valence-electron chi connectivity index (χ1n) is 6.97. The number of rotatable bonds is 2. The number of hydrogen-bond acceptors (Lipinski definition) is 1. The first kappa shape index (κ1) is 12.7. The highest BCUT2D eigenvalue weighted by atomic mass is 16.2. The van der Waals surface area contributed by atoms with E-state index >= 15 is 0 Å². The zero-order chi connectivity index (χ0) is 13.8. The molecule has 0 saturated heterocycles. The van der Waals surface area contributed by atoms with Crippen LogP contribution in [0.15, 0.2) is 60.7 Å². The predicted octanol–water partition coefficient (Wildman–Crippen LogP) is 3.68. The fourth-order valence-corrected chi connectivity index (χ4v) is 2.58. The van der Waals surface area contributed by atoms with Crippen LogP contribution in [0.4, 0.5) is 5.69 Å². The van der Waals surface area contributed by atoms with E-state index in [-0.39, 0.29) is 5.91 Å². The SMILES string of the molecule is O=C(/C=C\c1ccccc1)N1CCCc2ccccc21. The number of carbonyl (C=O) groups excluding carboxylic acids is 1. The third-order valence-corrected chi connectivity index (χ3v) is 3.59. The number of nitrogens with zero attached hydrogens (tertiary/aromatic N) is 1. The monoisotopic (exact) mass is 263 g/mol. The van der Waals surface area contributed by atoms with Crippen molar-refractivity contribution in [2.45, 2.75) is 12.8 Å². The van der Waals surface area contributed by atoms with Gasteiger partial charge in [-0.15, -0.1) is 0 Å². The van der Waals surface area contributed by atoms with Crippen LogP contribution in [-0.4, -0.2) is 12.5 Å². The Morgan fingerprint density at radius 1 is 1.00 bits per heavy atom. The molecule has 0 fully saturated rings. The van der Waals surface area contributed by atoms with E-state index in [9.17, 15) is 4.79 Å². The molecule has 1 heterocycles. The minimum Gasteiger partial charge on any atom is -0.309 e. The van der Waals surface area contributed by atoms with Gasteiger partial charge in [-0.1, -0.05) is 48.5 Å². The molecule has 2 nitrogen and oxygen atoms in total. The van der Waals surface area contributed by atoms with E-state index in [1.165, 1.54) is 5.56 Å². The lowest BCUT2D eigenvalue weighted by atomic mass is 10.0. The Morgan fingerprint density at radius 2 is 1.75 bits per heavy atom. The van der Waals surface area contributed by atoms with Gasteiger partial charge in [0.25, 0.3) is 5.91 Å². The van der Waals surface area contributed by atoms with Crippen molar-refractivity contribution in [1.82, 2.24) is 0 Å². The second-order valence-corrected chi connectivity index (χ2v) is 4.97. The highest BCUT2D eigenvalue weighted by Crippen LogP contribution is 2.26. The van der Waals surface area contributed by atoms with Crippen LogP contribution in [0.2, 0.25) is 0 Å². The van der Waals surface area contributed by atoms with Crippen molar-refractivity contribution in [3.8, 4) is 0 Å². The van der Waals surface area contributed by atoms with Crippen LogP contribution in [0, 0.1) is 0 Å². The average Bonchev–Trinajstić information content (AvgIpc) is 2.53. The molecule has 1 aliphatic rings. The van der Waals surface area contributed by atoms with Gasteiger partial charge in [0.15, 0.2) is 0 Å². The second kappa shape index (κ2) is 5.74. The first-order chi connectivity index (χ1) is 9.84. The molecule has 0 saturated carbocycles. The maximum atomic E-state index is 12.4. The normalized spacial score (nSPS) is 14.3. The molecule has 1 aliphatic heterocycles. The average molecular weight is 263 g/mol. The molecule has 0 aromatic heterocycles. The molecule has 0 unspecified atom stereocenters. The lowest BCUT2D eigenvalue weighted by molar-refractivity contribution is -0.114. The van der Waals surface area contributed by atoms with Gasteiger partial charge >= 0.3 is 0 Å². The molecule has 0 bridgehead atoms. The summed E-state index contributed by atoms with van der Waals surface area (Å²) in [6.45, 7) is 0.801. The van der Waals surface area contributed by atoms with Crippen molar-refractivity contribution >= 4 is 17.7 Å². The summed E-state index contributed by atoms with van der Waals surface area (Å²) in [6.07, 6.45) is 5.63. The van der Waals surface area contributed by atoms with Crippen molar-refractivity contribution in [2.75, 3.05) is 11.4 Å². The number of aryl methyl sites for hydroxylation is 1. The molecule has 2 aromatic carbocycles. The number of fused-ring (bicyclic) bond motifs is 1. The van der Waals surface area contributed by atoms with E-state index in [1.54, 1.807) is 6.08 Å². The standard InChI is InChI=1S/C18H17NO/c20-18(13-12-15-7-2-1-3-8-15)19-14-6-10-16-9-4-5-11-17(16)19/h1-5,7-9,11-13H,6,10,14H2/b13-12-. The minimum absolute atomic E-state index is 0.0565. The Balaban J connectivity index is 1.80. The summed E-state index contributed by atoms with van der Waals surface area (Å²) in [4.78, 5) is 14.2.